The number of piperidine rings is 1. The van der Waals surface area contributed by atoms with E-state index < -0.39 is 0 Å². The highest BCUT2D eigenvalue weighted by Crippen LogP contribution is 2.44. The second kappa shape index (κ2) is 6.91. The van der Waals surface area contributed by atoms with Gasteiger partial charge in [-0.2, -0.15) is 0 Å². The summed E-state index contributed by atoms with van der Waals surface area (Å²) in [5.41, 5.74) is 8.91. The molecule has 3 aromatic rings. The van der Waals surface area contributed by atoms with E-state index in [9.17, 15) is 4.79 Å². The summed E-state index contributed by atoms with van der Waals surface area (Å²) in [6.45, 7) is 1.45. The normalized spacial score (nSPS) is 20.8. The van der Waals surface area contributed by atoms with Crippen molar-refractivity contribution in [3.63, 3.8) is 0 Å². The number of fused-ring (bicyclic) bond motifs is 2. The van der Waals surface area contributed by atoms with Crippen LogP contribution in [0, 0.1) is 0 Å². The number of nitrogen functional groups attached to an aromatic ring is 1. The van der Waals surface area contributed by atoms with Crippen molar-refractivity contribution >= 4 is 11.9 Å². The van der Waals surface area contributed by atoms with Crippen molar-refractivity contribution in [1.29, 1.82) is 0 Å². The molecule has 3 heterocycles. The predicted molar refractivity (Wildman–Crippen MR) is 106 cm³/mol. The van der Waals surface area contributed by atoms with Gasteiger partial charge in [-0.15, -0.1) is 0 Å². The maximum Gasteiger partial charge on any atom is 0.244 e. The smallest absolute Gasteiger partial charge is 0.244 e. The molecule has 2 aliphatic rings. The summed E-state index contributed by atoms with van der Waals surface area (Å²) in [6, 6.07) is 10.0. The molecule has 1 amide bonds. The van der Waals surface area contributed by atoms with Crippen LogP contribution >= 0.6 is 0 Å². The minimum Gasteiger partial charge on any atom is -0.367 e. The third-order valence-corrected chi connectivity index (χ3v) is 6.05. The van der Waals surface area contributed by atoms with E-state index in [0.717, 1.165) is 49.3 Å². The summed E-state index contributed by atoms with van der Waals surface area (Å²) in [5.74, 6) is 0.876. The first-order chi connectivity index (χ1) is 14.1. The maximum absolute atomic E-state index is 12.9. The average Bonchev–Trinajstić information content (AvgIpc) is 3.32. The number of hydrogen-bond acceptors (Lipinski definition) is 7. The molecule has 1 aliphatic carbocycles. The van der Waals surface area contributed by atoms with Crippen molar-refractivity contribution in [3.05, 3.63) is 47.8 Å². The zero-order valence-electron chi connectivity index (χ0n) is 16.0. The fourth-order valence-corrected chi connectivity index (χ4v) is 4.56. The number of nitrogens with two attached hydrogens (primary N) is 1. The number of benzene rings is 1. The van der Waals surface area contributed by atoms with Gasteiger partial charge in [0.1, 0.15) is 6.54 Å². The van der Waals surface area contributed by atoms with Gasteiger partial charge >= 0.3 is 0 Å². The van der Waals surface area contributed by atoms with E-state index in [-0.39, 0.29) is 23.8 Å². The molecule has 1 aromatic carbocycles. The van der Waals surface area contributed by atoms with Crippen LogP contribution in [0.2, 0.25) is 0 Å². The van der Waals surface area contributed by atoms with E-state index in [1.165, 1.54) is 10.2 Å². The van der Waals surface area contributed by atoms with Gasteiger partial charge in [-0.25, -0.2) is 14.6 Å². The van der Waals surface area contributed by atoms with Crippen LogP contribution in [0.1, 0.15) is 30.5 Å². The zero-order chi connectivity index (χ0) is 19.8. The Morgan fingerprint density at radius 2 is 2.07 bits per heavy atom. The van der Waals surface area contributed by atoms with Gasteiger partial charge in [-0.3, -0.25) is 4.79 Å². The molecule has 1 spiro atoms. The third kappa shape index (κ3) is 3.12. The number of amides is 1. The highest BCUT2D eigenvalue weighted by molar-refractivity contribution is 5.76. The van der Waals surface area contributed by atoms with Crippen molar-refractivity contribution in [2.45, 2.75) is 37.6 Å². The molecule has 1 aliphatic heterocycles. The summed E-state index contributed by atoms with van der Waals surface area (Å²) in [5, 5.41) is 10.9. The van der Waals surface area contributed by atoms with Gasteiger partial charge in [-0.05, 0) is 41.7 Å². The molecule has 0 saturated carbocycles. The Balaban J connectivity index is 1.42. The molecular formula is C20H22N8O. The Bertz CT molecular complexity index is 1050. The summed E-state index contributed by atoms with van der Waals surface area (Å²) in [6.07, 6.45) is 5.88. The molecule has 5 rings (SSSR count). The van der Waals surface area contributed by atoms with Crippen LogP contribution in [0.4, 0.5) is 5.95 Å². The number of carbonyl (C=O) groups is 1. The molecule has 0 radical (unpaired) electrons. The number of hydrogen-bond donors (Lipinski definition) is 1. The van der Waals surface area contributed by atoms with E-state index in [2.05, 4.69) is 20.5 Å². The Labute approximate surface area is 168 Å². The van der Waals surface area contributed by atoms with Gasteiger partial charge in [0, 0.05) is 30.3 Å². The van der Waals surface area contributed by atoms with E-state index in [0.29, 0.717) is 6.54 Å². The summed E-state index contributed by atoms with van der Waals surface area (Å²) in [7, 11) is 0. The van der Waals surface area contributed by atoms with Crippen molar-refractivity contribution in [2.75, 3.05) is 18.8 Å². The molecule has 1 saturated heterocycles. The number of rotatable bonds is 3. The van der Waals surface area contributed by atoms with Gasteiger partial charge in [0.2, 0.25) is 11.9 Å². The van der Waals surface area contributed by atoms with Crippen LogP contribution < -0.4 is 5.73 Å². The maximum atomic E-state index is 12.9. The molecule has 2 aromatic heterocycles. The number of aromatic nitrogens is 6. The van der Waals surface area contributed by atoms with E-state index in [4.69, 9.17) is 10.7 Å². The number of likely N-dealkylation sites (tertiary alicyclic amines) is 1. The SMILES string of the molecule is Nc1nnnn1CC(=O)N1CCCC2(CCc3cnc(-c4ccccc4)nc32)C1. The molecule has 1 atom stereocenters. The minimum absolute atomic E-state index is 0.0196. The van der Waals surface area contributed by atoms with E-state index in [1.807, 2.05) is 41.4 Å². The zero-order valence-corrected chi connectivity index (χ0v) is 16.0. The molecule has 0 bridgehead atoms. The van der Waals surface area contributed by atoms with E-state index in [1.54, 1.807) is 0 Å². The molecule has 148 valence electrons. The first-order valence-electron chi connectivity index (χ1n) is 9.86. The van der Waals surface area contributed by atoms with Crippen LogP contribution in [0.15, 0.2) is 36.5 Å². The highest BCUT2D eigenvalue weighted by Gasteiger charge is 2.44. The molecule has 2 N–H and O–H groups in total. The number of tetrazole rings is 1. The quantitative estimate of drug-likeness (QED) is 0.715. The van der Waals surface area contributed by atoms with Gasteiger partial charge in [0.15, 0.2) is 5.82 Å². The predicted octanol–water partition coefficient (Wildman–Crippen LogP) is 1.22. The molecule has 9 nitrogen and oxygen atoms in total. The van der Waals surface area contributed by atoms with Crippen molar-refractivity contribution in [3.8, 4) is 11.4 Å². The molecule has 1 unspecified atom stereocenters. The van der Waals surface area contributed by atoms with Gasteiger partial charge < -0.3 is 10.6 Å². The Kier molecular flexibility index (Phi) is 4.22. The first-order valence-corrected chi connectivity index (χ1v) is 9.86. The van der Waals surface area contributed by atoms with Crippen LogP contribution in [0.5, 0.6) is 0 Å². The lowest BCUT2D eigenvalue weighted by atomic mass is 9.77. The fourth-order valence-electron chi connectivity index (χ4n) is 4.56. The molecular weight excluding hydrogens is 368 g/mol. The van der Waals surface area contributed by atoms with Crippen LogP contribution in [0.25, 0.3) is 11.4 Å². The molecule has 1 fully saturated rings. The van der Waals surface area contributed by atoms with E-state index >= 15 is 0 Å². The first kappa shape index (κ1) is 17.7. The van der Waals surface area contributed by atoms with Gasteiger partial charge in [0.05, 0.1) is 5.69 Å². The number of carbonyl (C=O) groups excluding carboxylic acids is 1. The summed E-state index contributed by atoms with van der Waals surface area (Å²) >= 11 is 0. The topological polar surface area (TPSA) is 116 Å². The minimum atomic E-state index is -0.109. The lowest BCUT2D eigenvalue weighted by molar-refractivity contribution is -0.134. The van der Waals surface area contributed by atoms with Gasteiger partial charge in [-0.1, -0.05) is 35.4 Å². The lowest BCUT2D eigenvalue weighted by Gasteiger charge is -2.40. The summed E-state index contributed by atoms with van der Waals surface area (Å²) in [4.78, 5) is 24.3. The highest BCUT2D eigenvalue weighted by atomic mass is 16.2. The largest absolute Gasteiger partial charge is 0.367 e. The molecule has 29 heavy (non-hydrogen) atoms. The van der Waals surface area contributed by atoms with Crippen LogP contribution in [-0.2, 0) is 23.2 Å². The average molecular weight is 390 g/mol. The van der Waals surface area contributed by atoms with Crippen molar-refractivity contribution in [1.82, 2.24) is 35.1 Å². The van der Waals surface area contributed by atoms with Crippen molar-refractivity contribution < 1.29 is 4.79 Å². The number of anilines is 1. The standard InChI is InChI=1S/C20H22N8O/c21-19-24-25-26-28(19)12-16(29)27-10-4-8-20(13-27)9-7-15-11-22-18(23-17(15)20)14-5-2-1-3-6-14/h1-3,5-6,11H,4,7-10,12-13H2,(H2,21,24,26). The van der Waals surface area contributed by atoms with Crippen LogP contribution in [0.3, 0.4) is 0 Å². The second-order valence-corrected chi connectivity index (χ2v) is 7.83. The second-order valence-electron chi connectivity index (χ2n) is 7.83. The fraction of sp³-hybridized carbons (Fsp3) is 0.400. The van der Waals surface area contributed by atoms with Crippen LogP contribution in [-0.4, -0.2) is 54.1 Å². The lowest BCUT2D eigenvalue weighted by Crippen LogP contribution is -2.49. The Morgan fingerprint density at radius 1 is 1.21 bits per heavy atom. The third-order valence-electron chi connectivity index (χ3n) is 6.05. The molecule has 9 heteroatoms. The summed E-state index contributed by atoms with van der Waals surface area (Å²) < 4.78 is 1.34. The number of aryl methyl sites for hydroxylation is 1. The monoisotopic (exact) mass is 390 g/mol. The Morgan fingerprint density at radius 3 is 2.86 bits per heavy atom. The number of nitrogens with zero attached hydrogens (tertiary/aromatic N) is 7. The Hall–Kier alpha value is -3.36. The van der Waals surface area contributed by atoms with Gasteiger partial charge in [0.25, 0.3) is 0 Å². The van der Waals surface area contributed by atoms with Crippen molar-refractivity contribution in [2.24, 2.45) is 0 Å².